The third-order valence-electron chi connectivity index (χ3n) is 3.08. The molecule has 0 radical (unpaired) electrons. The van der Waals surface area contributed by atoms with Crippen LogP contribution in [0.1, 0.15) is 10.4 Å². The number of benzene rings is 2. The molecule has 2 aromatic rings. The van der Waals surface area contributed by atoms with E-state index in [-0.39, 0.29) is 17.8 Å². The zero-order valence-corrected chi connectivity index (χ0v) is 13.5. The maximum atomic E-state index is 13.8. The molecule has 5 nitrogen and oxygen atoms in total. The maximum Gasteiger partial charge on any atom is 0.255 e. The molecule has 0 aromatic heterocycles. The highest BCUT2D eigenvalue weighted by Gasteiger charge is 2.20. The van der Waals surface area contributed by atoms with Gasteiger partial charge < -0.3 is 5.32 Å². The van der Waals surface area contributed by atoms with Gasteiger partial charge in [-0.1, -0.05) is 6.08 Å². The summed E-state index contributed by atoms with van der Waals surface area (Å²) < 4.78 is 65.9. The van der Waals surface area contributed by atoms with Gasteiger partial charge in [-0.15, -0.1) is 6.58 Å². The van der Waals surface area contributed by atoms with Crippen LogP contribution in [0.4, 0.5) is 18.9 Å². The predicted octanol–water partition coefficient (Wildman–Crippen LogP) is 2.82. The Balaban J connectivity index is 2.30. The summed E-state index contributed by atoms with van der Waals surface area (Å²) >= 11 is 0. The highest BCUT2D eigenvalue weighted by atomic mass is 32.2. The first-order valence-corrected chi connectivity index (χ1v) is 8.39. The first-order chi connectivity index (χ1) is 11.7. The number of halogens is 3. The molecule has 0 aliphatic heterocycles. The van der Waals surface area contributed by atoms with Crippen molar-refractivity contribution < 1.29 is 26.4 Å². The van der Waals surface area contributed by atoms with E-state index in [1.165, 1.54) is 6.08 Å². The van der Waals surface area contributed by atoms with E-state index in [1.807, 2.05) is 0 Å². The molecular formula is C16H13F3N2O3S. The van der Waals surface area contributed by atoms with Crippen LogP contribution in [0.2, 0.25) is 0 Å². The number of hydrogen-bond donors (Lipinski definition) is 2. The average molecular weight is 370 g/mol. The number of hydrogen-bond acceptors (Lipinski definition) is 3. The molecule has 0 atom stereocenters. The van der Waals surface area contributed by atoms with Crippen molar-refractivity contribution in [2.24, 2.45) is 0 Å². The Bertz CT molecular complexity index is 930. The van der Waals surface area contributed by atoms with Crippen molar-refractivity contribution in [3.63, 3.8) is 0 Å². The second-order valence-electron chi connectivity index (χ2n) is 4.87. The smallest absolute Gasteiger partial charge is 0.255 e. The van der Waals surface area contributed by atoms with Crippen LogP contribution in [-0.2, 0) is 10.0 Å². The molecule has 2 N–H and O–H groups in total. The number of nitrogens with one attached hydrogen (secondary N) is 2. The SMILES string of the molecule is C=CCNS(=O)(=O)c1cc(C(=O)Nc2ccc(F)c(F)c2)ccc1F. The molecule has 25 heavy (non-hydrogen) atoms. The van der Waals surface area contributed by atoms with E-state index >= 15 is 0 Å². The number of amides is 1. The minimum Gasteiger partial charge on any atom is -0.322 e. The lowest BCUT2D eigenvalue weighted by atomic mass is 10.2. The van der Waals surface area contributed by atoms with Crippen LogP contribution < -0.4 is 10.0 Å². The summed E-state index contributed by atoms with van der Waals surface area (Å²) in [5, 5.41) is 2.27. The summed E-state index contributed by atoms with van der Waals surface area (Å²) in [6.45, 7) is 3.23. The lowest BCUT2D eigenvalue weighted by Gasteiger charge is -2.09. The summed E-state index contributed by atoms with van der Waals surface area (Å²) in [5.74, 6) is -4.10. The van der Waals surface area contributed by atoms with Gasteiger partial charge in [0.2, 0.25) is 10.0 Å². The predicted molar refractivity (Wildman–Crippen MR) is 86.1 cm³/mol. The first kappa shape index (κ1) is 18.7. The Kier molecular flexibility index (Phi) is 5.60. The van der Waals surface area contributed by atoms with Crippen LogP contribution in [-0.4, -0.2) is 20.9 Å². The molecular weight excluding hydrogens is 357 g/mol. The van der Waals surface area contributed by atoms with Crippen molar-refractivity contribution in [3.05, 3.63) is 72.1 Å². The molecule has 9 heteroatoms. The summed E-state index contributed by atoms with van der Waals surface area (Å²) in [5.41, 5.74) is -0.215. The van der Waals surface area contributed by atoms with E-state index in [0.29, 0.717) is 0 Å². The van der Waals surface area contributed by atoms with Crippen molar-refractivity contribution in [3.8, 4) is 0 Å². The monoisotopic (exact) mass is 370 g/mol. The Morgan fingerprint density at radius 3 is 2.36 bits per heavy atom. The molecule has 0 heterocycles. The normalized spacial score (nSPS) is 11.2. The van der Waals surface area contributed by atoms with Gasteiger partial charge in [0, 0.05) is 23.9 Å². The van der Waals surface area contributed by atoms with Crippen LogP contribution in [0.15, 0.2) is 53.9 Å². The fourth-order valence-electron chi connectivity index (χ4n) is 1.87. The van der Waals surface area contributed by atoms with Crippen molar-refractivity contribution in [1.29, 1.82) is 0 Å². The topological polar surface area (TPSA) is 75.3 Å². The van der Waals surface area contributed by atoms with Crippen molar-refractivity contribution in [1.82, 2.24) is 4.72 Å². The zero-order valence-electron chi connectivity index (χ0n) is 12.7. The van der Waals surface area contributed by atoms with Crippen LogP contribution >= 0.6 is 0 Å². The zero-order chi connectivity index (χ0) is 18.6. The Hall–Kier alpha value is -2.65. The minimum absolute atomic E-state index is 0.0394. The second-order valence-corrected chi connectivity index (χ2v) is 6.60. The maximum absolute atomic E-state index is 13.8. The standard InChI is InChI=1S/C16H13F3N2O3S/c1-2-7-20-25(23,24)15-8-10(3-5-13(15)18)16(22)21-11-4-6-12(17)14(19)9-11/h2-6,8-9,20H,1,7H2,(H,21,22). The van der Waals surface area contributed by atoms with Gasteiger partial charge in [-0.3, -0.25) is 4.79 Å². The van der Waals surface area contributed by atoms with Gasteiger partial charge in [0.15, 0.2) is 11.6 Å². The summed E-state index contributed by atoms with van der Waals surface area (Å²) in [6, 6.07) is 5.45. The second kappa shape index (κ2) is 7.49. The fourth-order valence-corrected chi connectivity index (χ4v) is 2.97. The third-order valence-corrected chi connectivity index (χ3v) is 4.52. The van der Waals surface area contributed by atoms with Crippen molar-refractivity contribution in [2.75, 3.05) is 11.9 Å². The molecule has 2 aromatic carbocycles. The van der Waals surface area contributed by atoms with Gasteiger partial charge in [0.05, 0.1) is 0 Å². The fraction of sp³-hybridized carbons (Fsp3) is 0.0625. The lowest BCUT2D eigenvalue weighted by Crippen LogP contribution is -2.25. The summed E-state index contributed by atoms with van der Waals surface area (Å²) in [4.78, 5) is 11.4. The Labute approximate surface area is 142 Å². The van der Waals surface area contributed by atoms with Gasteiger partial charge in [-0.25, -0.2) is 26.3 Å². The molecule has 0 bridgehead atoms. The van der Waals surface area contributed by atoms with Crippen LogP contribution in [0.25, 0.3) is 0 Å². The minimum atomic E-state index is -4.18. The van der Waals surface area contributed by atoms with Crippen LogP contribution in [0.3, 0.4) is 0 Å². The van der Waals surface area contributed by atoms with Gasteiger partial charge in [-0.05, 0) is 30.3 Å². The molecule has 1 amide bonds. The summed E-state index contributed by atoms with van der Waals surface area (Å²) in [6.07, 6.45) is 1.27. The van der Waals surface area contributed by atoms with E-state index in [1.54, 1.807) is 0 Å². The number of anilines is 1. The molecule has 0 saturated heterocycles. The number of carbonyl (C=O) groups excluding carboxylic acids is 1. The number of rotatable bonds is 6. The third kappa shape index (κ3) is 4.46. The average Bonchev–Trinajstić information content (AvgIpc) is 2.56. The van der Waals surface area contributed by atoms with Gasteiger partial charge in [0.25, 0.3) is 5.91 Å². The largest absolute Gasteiger partial charge is 0.322 e. The van der Waals surface area contributed by atoms with Crippen molar-refractivity contribution >= 4 is 21.6 Å². The molecule has 0 saturated carbocycles. The summed E-state index contributed by atoms with van der Waals surface area (Å²) in [7, 11) is -4.18. The van der Waals surface area contributed by atoms with Crippen molar-refractivity contribution in [2.45, 2.75) is 4.90 Å². The Morgan fingerprint density at radius 2 is 1.72 bits per heavy atom. The Morgan fingerprint density at radius 1 is 1.04 bits per heavy atom. The highest BCUT2D eigenvalue weighted by Crippen LogP contribution is 2.18. The van der Waals surface area contributed by atoms with Crippen LogP contribution in [0, 0.1) is 17.5 Å². The molecule has 132 valence electrons. The number of sulfonamides is 1. The molecule has 0 aliphatic rings. The van der Waals surface area contributed by atoms with Gasteiger partial charge in [0.1, 0.15) is 10.7 Å². The van der Waals surface area contributed by atoms with E-state index in [0.717, 1.165) is 36.4 Å². The van der Waals surface area contributed by atoms with Gasteiger partial charge >= 0.3 is 0 Å². The van der Waals surface area contributed by atoms with E-state index in [9.17, 15) is 26.4 Å². The molecule has 0 unspecified atom stereocenters. The molecule has 2 rings (SSSR count). The van der Waals surface area contributed by atoms with E-state index < -0.39 is 38.3 Å². The van der Waals surface area contributed by atoms with Gasteiger partial charge in [-0.2, -0.15) is 0 Å². The van der Waals surface area contributed by atoms with Crippen LogP contribution in [0.5, 0.6) is 0 Å². The number of carbonyl (C=O) groups is 1. The first-order valence-electron chi connectivity index (χ1n) is 6.91. The molecule has 0 spiro atoms. The molecule has 0 fully saturated rings. The quantitative estimate of drug-likeness (QED) is 0.768. The molecule has 0 aliphatic carbocycles. The highest BCUT2D eigenvalue weighted by molar-refractivity contribution is 7.89. The lowest BCUT2D eigenvalue weighted by molar-refractivity contribution is 0.102. The van der Waals surface area contributed by atoms with E-state index in [4.69, 9.17) is 0 Å². The van der Waals surface area contributed by atoms with E-state index in [2.05, 4.69) is 16.6 Å².